The second kappa shape index (κ2) is 6.29. The number of ether oxygens (including phenoxy) is 2. The van der Waals surface area contributed by atoms with Crippen molar-refractivity contribution in [2.45, 2.75) is 11.8 Å². The van der Waals surface area contributed by atoms with Gasteiger partial charge in [0.1, 0.15) is 12.1 Å². The molecule has 2 N–H and O–H groups in total. The first-order valence-electron chi connectivity index (χ1n) is 5.80. The zero-order chi connectivity index (χ0) is 13.7. The Hall–Kier alpha value is -1.95. The largest absolute Gasteiger partial charge is 0.476 e. The molecule has 0 atom stereocenters. The minimum atomic E-state index is 0.306. The summed E-state index contributed by atoms with van der Waals surface area (Å²) in [5.74, 6) is 1.36. The fourth-order valence-corrected chi connectivity index (χ4v) is 2.03. The molecule has 2 rings (SSSR count). The summed E-state index contributed by atoms with van der Waals surface area (Å²) >= 11 is 1.59. The maximum absolute atomic E-state index is 5.93. The van der Waals surface area contributed by atoms with Crippen LogP contribution in [0.5, 0.6) is 17.5 Å². The molecule has 0 spiro atoms. The lowest BCUT2D eigenvalue weighted by Crippen LogP contribution is -2.03. The summed E-state index contributed by atoms with van der Waals surface area (Å²) in [6, 6.07) is 7.69. The van der Waals surface area contributed by atoms with Crippen LogP contribution in [0.3, 0.4) is 0 Å². The van der Waals surface area contributed by atoms with Gasteiger partial charge in [-0.1, -0.05) is 12.1 Å². The number of aromatic nitrogens is 2. The minimum Gasteiger partial charge on any atom is -0.476 e. The van der Waals surface area contributed by atoms with Crippen molar-refractivity contribution in [2.24, 2.45) is 0 Å². The lowest BCUT2D eigenvalue weighted by atomic mass is 10.3. The van der Waals surface area contributed by atoms with Crippen LogP contribution in [0.15, 0.2) is 35.5 Å². The van der Waals surface area contributed by atoms with Gasteiger partial charge in [-0.3, -0.25) is 0 Å². The van der Waals surface area contributed by atoms with E-state index in [-0.39, 0.29) is 0 Å². The number of benzene rings is 1. The summed E-state index contributed by atoms with van der Waals surface area (Å²) in [5, 5.41) is 0. The topological polar surface area (TPSA) is 70.3 Å². The minimum absolute atomic E-state index is 0.306. The molecule has 0 unspecified atom stereocenters. The first-order valence-corrected chi connectivity index (χ1v) is 7.02. The number of hydrogen-bond donors (Lipinski definition) is 1. The van der Waals surface area contributed by atoms with Gasteiger partial charge >= 0.3 is 0 Å². The van der Waals surface area contributed by atoms with E-state index < -0.39 is 0 Å². The van der Waals surface area contributed by atoms with Gasteiger partial charge in [0.25, 0.3) is 0 Å². The molecule has 0 aliphatic rings. The summed E-state index contributed by atoms with van der Waals surface area (Å²) in [6.07, 6.45) is 3.36. The van der Waals surface area contributed by atoms with Crippen LogP contribution in [0.4, 0.5) is 5.69 Å². The molecular formula is C13H15N3O2S. The third-order valence-corrected chi connectivity index (χ3v) is 3.14. The van der Waals surface area contributed by atoms with Crippen molar-refractivity contribution < 1.29 is 9.47 Å². The van der Waals surface area contributed by atoms with Crippen LogP contribution in [0.1, 0.15) is 6.92 Å². The van der Waals surface area contributed by atoms with Gasteiger partial charge in [0.2, 0.25) is 11.8 Å². The molecule has 1 aromatic carbocycles. The van der Waals surface area contributed by atoms with Gasteiger partial charge in [-0.05, 0) is 25.3 Å². The van der Waals surface area contributed by atoms with E-state index >= 15 is 0 Å². The van der Waals surface area contributed by atoms with E-state index in [9.17, 15) is 0 Å². The van der Waals surface area contributed by atoms with Gasteiger partial charge in [0.15, 0.2) is 5.69 Å². The Kier molecular flexibility index (Phi) is 4.46. The van der Waals surface area contributed by atoms with E-state index in [0.717, 1.165) is 4.90 Å². The average molecular weight is 277 g/mol. The number of hydrogen-bond acceptors (Lipinski definition) is 6. The number of thioether (sulfide) groups is 1. The Morgan fingerprint density at radius 3 is 2.68 bits per heavy atom. The fraction of sp³-hybridized carbons (Fsp3) is 0.231. The molecule has 0 saturated carbocycles. The SMILES string of the molecule is CCOc1ncnc(Oc2ccccc2SC)c1N. The Labute approximate surface area is 116 Å². The Balaban J connectivity index is 2.30. The molecule has 1 heterocycles. The van der Waals surface area contributed by atoms with Crippen molar-refractivity contribution in [1.82, 2.24) is 9.97 Å². The van der Waals surface area contributed by atoms with Gasteiger partial charge in [-0.15, -0.1) is 11.8 Å². The van der Waals surface area contributed by atoms with Gasteiger partial charge in [-0.25, -0.2) is 0 Å². The van der Waals surface area contributed by atoms with Crippen molar-refractivity contribution in [2.75, 3.05) is 18.6 Å². The normalized spacial score (nSPS) is 10.2. The van der Waals surface area contributed by atoms with Crippen LogP contribution < -0.4 is 15.2 Å². The van der Waals surface area contributed by atoms with E-state index in [1.807, 2.05) is 37.4 Å². The van der Waals surface area contributed by atoms with E-state index in [1.165, 1.54) is 6.33 Å². The van der Waals surface area contributed by atoms with Crippen molar-refractivity contribution >= 4 is 17.4 Å². The summed E-state index contributed by atoms with van der Waals surface area (Å²) in [6.45, 7) is 2.35. The van der Waals surface area contributed by atoms with Crippen LogP contribution in [0.25, 0.3) is 0 Å². The summed E-state index contributed by atoms with van der Waals surface area (Å²) in [7, 11) is 0. The molecule has 0 bridgehead atoms. The zero-order valence-corrected chi connectivity index (χ0v) is 11.6. The number of rotatable bonds is 5. The highest BCUT2D eigenvalue weighted by atomic mass is 32.2. The second-order valence-corrected chi connectivity index (χ2v) is 4.43. The third kappa shape index (κ3) is 3.08. The van der Waals surface area contributed by atoms with Crippen molar-refractivity contribution in [3.63, 3.8) is 0 Å². The molecule has 100 valence electrons. The quantitative estimate of drug-likeness (QED) is 0.847. The lowest BCUT2D eigenvalue weighted by Gasteiger charge is -2.11. The van der Waals surface area contributed by atoms with Crippen molar-refractivity contribution in [3.05, 3.63) is 30.6 Å². The second-order valence-electron chi connectivity index (χ2n) is 3.58. The maximum atomic E-state index is 5.93. The van der Waals surface area contributed by atoms with E-state index in [4.69, 9.17) is 15.2 Å². The van der Waals surface area contributed by atoms with Gasteiger partial charge in [0, 0.05) is 4.90 Å². The van der Waals surface area contributed by atoms with E-state index in [2.05, 4.69) is 9.97 Å². The van der Waals surface area contributed by atoms with Crippen LogP contribution in [0.2, 0.25) is 0 Å². The van der Waals surface area contributed by atoms with Crippen molar-refractivity contribution in [3.8, 4) is 17.5 Å². The van der Waals surface area contributed by atoms with E-state index in [0.29, 0.717) is 29.8 Å². The number of para-hydroxylation sites is 1. The molecule has 0 saturated heterocycles. The molecule has 1 aromatic heterocycles. The molecule has 0 aliphatic carbocycles. The first-order chi connectivity index (χ1) is 9.26. The fourth-order valence-electron chi connectivity index (χ4n) is 1.50. The average Bonchev–Trinajstić information content (AvgIpc) is 2.44. The molecule has 0 aliphatic heterocycles. The highest BCUT2D eigenvalue weighted by molar-refractivity contribution is 7.98. The van der Waals surface area contributed by atoms with Crippen molar-refractivity contribution in [1.29, 1.82) is 0 Å². The number of nitrogens with two attached hydrogens (primary N) is 1. The monoisotopic (exact) mass is 277 g/mol. The Morgan fingerprint density at radius 1 is 1.21 bits per heavy atom. The van der Waals surface area contributed by atoms with Crippen LogP contribution >= 0.6 is 11.8 Å². The van der Waals surface area contributed by atoms with Gasteiger partial charge in [-0.2, -0.15) is 9.97 Å². The predicted octanol–water partition coefficient (Wildman–Crippen LogP) is 2.97. The molecule has 0 radical (unpaired) electrons. The zero-order valence-electron chi connectivity index (χ0n) is 10.8. The molecule has 6 heteroatoms. The highest BCUT2D eigenvalue weighted by Crippen LogP contribution is 2.34. The van der Waals surface area contributed by atoms with Gasteiger partial charge < -0.3 is 15.2 Å². The highest BCUT2D eigenvalue weighted by Gasteiger charge is 2.12. The predicted molar refractivity (Wildman–Crippen MR) is 75.9 cm³/mol. The summed E-state index contributed by atoms with van der Waals surface area (Å²) in [5.41, 5.74) is 6.23. The van der Waals surface area contributed by atoms with Crippen LogP contribution in [-0.4, -0.2) is 22.8 Å². The van der Waals surface area contributed by atoms with E-state index in [1.54, 1.807) is 11.8 Å². The molecular weight excluding hydrogens is 262 g/mol. The standard InChI is InChI=1S/C13H15N3O2S/c1-3-17-12-11(14)13(16-8-15-12)18-9-6-4-5-7-10(9)19-2/h4-8H,3,14H2,1-2H3. The third-order valence-electron chi connectivity index (χ3n) is 2.37. The lowest BCUT2D eigenvalue weighted by molar-refractivity contribution is 0.325. The molecule has 0 amide bonds. The van der Waals surface area contributed by atoms with Gasteiger partial charge in [0.05, 0.1) is 6.61 Å². The Bertz CT molecular complexity index is 563. The first kappa shape index (κ1) is 13.5. The molecule has 5 nitrogen and oxygen atoms in total. The summed E-state index contributed by atoms with van der Waals surface area (Å²) in [4.78, 5) is 9.03. The molecule has 19 heavy (non-hydrogen) atoms. The smallest absolute Gasteiger partial charge is 0.249 e. The summed E-state index contributed by atoms with van der Waals surface area (Å²) < 4.78 is 11.1. The molecule has 0 fully saturated rings. The maximum Gasteiger partial charge on any atom is 0.249 e. The Morgan fingerprint density at radius 2 is 1.95 bits per heavy atom. The number of nitrogen functional groups attached to an aromatic ring is 1. The number of nitrogens with zero attached hydrogens (tertiary/aromatic N) is 2. The van der Waals surface area contributed by atoms with Crippen LogP contribution in [-0.2, 0) is 0 Å². The molecule has 2 aromatic rings. The number of anilines is 1. The van der Waals surface area contributed by atoms with Crippen LogP contribution in [0, 0.1) is 0 Å².